The fraction of sp³-hybridized carbons (Fsp3) is 0.176. The molecule has 8 nitrogen and oxygen atoms in total. The van der Waals surface area contributed by atoms with Gasteiger partial charge < -0.3 is 19.7 Å². The van der Waals surface area contributed by atoms with Crippen LogP contribution in [0.5, 0.6) is 5.75 Å². The number of hydrogen-bond donors (Lipinski definition) is 3. The van der Waals surface area contributed by atoms with Gasteiger partial charge in [0.15, 0.2) is 11.6 Å². The van der Waals surface area contributed by atoms with Crippen molar-refractivity contribution in [2.24, 2.45) is 7.05 Å². The fourth-order valence-corrected chi connectivity index (χ4v) is 2.86. The Morgan fingerprint density at radius 1 is 1.36 bits per heavy atom. The number of aromatic nitrogens is 2. The summed E-state index contributed by atoms with van der Waals surface area (Å²) in [5.74, 6) is -0.854. The van der Waals surface area contributed by atoms with Crippen molar-refractivity contribution in [3.05, 3.63) is 46.5 Å². The van der Waals surface area contributed by atoms with Crippen molar-refractivity contribution in [1.29, 1.82) is 0 Å². The van der Waals surface area contributed by atoms with Crippen molar-refractivity contribution in [2.45, 2.75) is 0 Å². The number of amides is 1. The topological polar surface area (TPSA) is 97.6 Å². The molecule has 1 amide bonds. The van der Waals surface area contributed by atoms with Crippen molar-refractivity contribution in [1.82, 2.24) is 15.0 Å². The summed E-state index contributed by atoms with van der Waals surface area (Å²) in [4.78, 5) is 20.6. The van der Waals surface area contributed by atoms with Crippen LogP contribution in [0.3, 0.4) is 0 Å². The normalized spacial score (nSPS) is 10.9. The van der Waals surface area contributed by atoms with E-state index in [1.54, 1.807) is 23.7 Å². The number of hydroxylamine groups is 1. The zero-order valence-electron chi connectivity index (χ0n) is 14.5. The lowest BCUT2D eigenvalue weighted by molar-refractivity contribution is 0.0246. The lowest BCUT2D eigenvalue weighted by atomic mass is 10.2. The zero-order chi connectivity index (χ0) is 20.3. The zero-order valence-corrected chi connectivity index (χ0v) is 16.0. The third-order valence-electron chi connectivity index (χ3n) is 3.67. The van der Waals surface area contributed by atoms with Crippen LogP contribution in [-0.2, 0) is 11.9 Å². The minimum absolute atomic E-state index is 0.0828. The number of ether oxygens (including phenoxy) is 1. The minimum atomic E-state index is -1.00. The molecule has 0 aliphatic rings. The molecule has 0 fully saturated rings. The number of aliphatic hydroxyl groups is 1. The van der Waals surface area contributed by atoms with E-state index in [0.717, 1.165) is 0 Å². The Hall–Kier alpha value is -2.59. The Morgan fingerprint density at radius 2 is 2.14 bits per heavy atom. The van der Waals surface area contributed by atoms with Crippen molar-refractivity contribution >= 4 is 51.7 Å². The Labute approximate surface area is 168 Å². The number of benzene rings is 2. The molecular weight excluding hydrogens is 414 g/mol. The molecule has 1 aromatic heterocycles. The number of rotatable bonds is 6. The van der Waals surface area contributed by atoms with Gasteiger partial charge in [-0.3, -0.25) is 4.84 Å². The average molecular weight is 429 g/mol. The molecule has 0 unspecified atom stereocenters. The predicted molar refractivity (Wildman–Crippen MR) is 103 cm³/mol. The smallest absolute Gasteiger partial charge is 0.406 e. The van der Waals surface area contributed by atoms with Gasteiger partial charge in [-0.25, -0.2) is 14.2 Å². The first kappa shape index (κ1) is 20.2. The van der Waals surface area contributed by atoms with Gasteiger partial charge in [-0.15, -0.1) is 0 Å². The number of fused-ring (bicyclic) bond motifs is 1. The van der Waals surface area contributed by atoms with Gasteiger partial charge in [0.2, 0.25) is 0 Å². The van der Waals surface area contributed by atoms with Gasteiger partial charge >= 0.3 is 6.09 Å². The highest BCUT2D eigenvalue weighted by molar-refractivity contribution is 6.36. The summed E-state index contributed by atoms with van der Waals surface area (Å²) in [7, 11) is 1.67. The van der Waals surface area contributed by atoms with E-state index in [1.165, 1.54) is 18.5 Å². The van der Waals surface area contributed by atoms with Gasteiger partial charge in [-0.2, -0.15) is 5.48 Å². The van der Waals surface area contributed by atoms with Gasteiger partial charge in [0, 0.05) is 18.1 Å². The fourth-order valence-electron chi connectivity index (χ4n) is 2.40. The lowest BCUT2D eigenvalue weighted by Crippen LogP contribution is -2.28. The van der Waals surface area contributed by atoms with Gasteiger partial charge in [0.05, 0.1) is 35.8 Å². The number of halogens is 3. The van der Waals surface area contributed by atoms with Crippen LogP contribution in [0.25, 0.3) is 11.0 Å². The summed E-state index contributed by atoms with van der Waals surface area (Å²) in [6.45, 7) is -0.423. The van der Waals surface area contributed by atoms with Crippen LogP contribution in [0.4, 0.5) is 20.6 Å². The summed E-state index contributed by atoms with van der Waals surface area (Å²) >= 11 is 12.0. The average Bonchev–Trinajstić information content (AvgIpc) is 3.01. The second-order valence-electron chi connectivity index (χ2n) is 5.60. The summed E-state index contributed by atoms with van der Waals surface area (Å²) < 4.78 is 21.9. The summed E-state index contributed by atoms with van der Waals surface area (Å²) in [6, 6.07) is 6.06. The Kier molecular flexibility index (Phi) is 6.20. The molecule has 0 aliphatic carbocycles. The monoisotopic (exact) mass is 428 g/mol. The maximum absolute atomic E-state index is 15.1. The molecule has 0 bridgehead atoms. The maximum Gasteiger partial charge on any atom is 0.436 e. The van der Waals surface area contributed by atoms with E-state index in [9.17, 15) is 4.79 Å². The number of nitrogens with one attached hydrogen (secondary N) is 2. The van der Waals surface area contributed by atoms with Crippen LogP contribution in [0.2, 0.25) is 10.0 Å². The lowest BCUT2D eigenvalue weighted by Gasteiger charge is -2.15. The molecule has 2 aromatic carbocycles. The SMILES string of the molecule is Cn1cnc2c(F)c(Nc3ccc(Cl)cc3Cl)c(OC(=O)NOCCO)cc21. The molecule has 0 radical (unpaired) electrons. The van der Waals surface area contributed by atoms with Crippen LogP contribution in [-0.4, -0.2) is 34.0 Å². The third kappa shape index (κ3) is 4.28. The number of nitrogens with zero attached hydrogens (tertiary/aromatic N) is 2. The molecule has 11 heteroatoms. The van der Waals surface area contributed by atoms with Gasteiger partial charge in [0.25, 0.3) is 0 Å². The molecule has 0 atom stereocenters. The number of hydrogen-bond acceptors (Lipinski definition) is 6. The summed E-state index contributed by atoms with van der Waals surface area (Å²) in [6.07, 6.45) is 0.431. The van der Waals surface area contributed by atoms with Gasteiger partial charge in [-0.1, -0.05) is 23.2 Å². The molecule has 3 rings (SSSR count). The molecular formula is C17H15Cl2FN4O4. The van der Waals surface area contributed by atoms with E-state index in [-0.39, 0.29) is 35.2 Å². The summed E-state index contributed by atoms with van der Waals surface area (Å²) in [5.41, 5.74) is 2.67. The molecule has 1 heterocycles. The van der Waals surface area contributed by atoms with Crippen molar-refractivity contribution in [2.75, 3.05) is 18.5 Å². The Balaban J connectivity index is 2.00. The predicted octanol–water partition coefficient (Wildman–Crippen LogP) is 3.78. The molecule has 148 valence electrons. The van der Waals surface area contributed by atoms with E-state index in [2.05, 4.69) is 10.3 Å². The van der Waals surface area contributed by atoms with E-state index < -0.39 is 11.9 Å². The molecule has 3 N–H and O–H groups in total. The standard InChI is InChI=1S/C17H15Cl2FN4O4/c1-24-8-21-15-12(24)7-13(28-17(26)23-27-5-4-25)16(14(15)20)22-11-3-2-9(18)6-10(11)19/h2-3,6-8,22,25H,4-5H2,1H3,(H,23,26). The first-order valence-electron chi connectivity index (χ1n) is 7.96. The number of aryl methyl sites for hydroxylation is 1. The van der Waals surface area contributed by atoms with Crippen LogP contribution in [0, 0.1) is 5.82 Å². The highest BCUT2D eigenvalue weighted by Gasteiger charge is 2.21. The quantitative estimate of drug-likeness (QED) is 0.408. The molecule has 0 aliphatic heterocycles. The van der Waals surface area contributed by atoms with Crippen molar-refractivity contribution in [3.63, 3.8) is 0 Å². The molecule has 0 saturated heterocycles. The number of carbonyl (C=O) groups excluding carboxylic acids is 1. The van der Waals surface area contributed by atoms with Crippen LogP contribution in [0.15, 0.2) is 30.6 Å². The van der Waals surface area contributed by atoms with E-state index in [1.807, 2.05) is 5.48 Å². The van der Waals surface area contributed by atoms with E-state index in [0.29, 0.717) is 16.2 Å². The first-order chi connectivity index (χ1) is 13.4. The van der Waals surface area contributed by atoms with E-state index in [4.69, 9.17) is 37.9 Å². The first-order valence-corrected chi connectivity index (χ1v) is 8.72. The second-order valence-corrected chi connectivity index (χ2v) is 6.44. The maximum atomic E-state index is 15.1. The Bertz CT molecular complexity index is 1030. The van der Waals surface area contributed by atoms with Crippen LogP contribution < -0.4 is 15.5 Å². The van der Waals surface area contributed by atoms with Gasteiger partial charge in [0.1, 0.15) is 11.2 Å². The van der Waals surface area contributed by atoms with Crippen LogP contribution in [0.1, 0.15) is 0 Å². The van der Waals surface area contributed by atoms with Crippen LogP contribution >= 0.6 is 23.2 Å². The largest absolute Gasteiger partial charge is 0.436 e. The number of anilines is 2. The van der Waals surface area contributed by atoms with Crippen molar-refractivity contribution < 1.29 is 23.9 Å². The Morgan fingerprint density at radius 3 is 2.86 bits per heavy atom. The third-order valence-corrected chi connectivity index (χ3v) is 4.21. The molecule has 0 spiro atoms. The van der Waals surface area contributed by atoms with Gasteiger partial charge in [-0.05, 0) is 18.2 Å². The highest BCUT2D eigenvalue weighted by atomic mass is 35.5. The number of carbonyl (C=O) groups is 1. The second kappa shape index (κ2) is 8.61. The van der Waals surface area contributed by atoms with E-state index >= 15 is 4.39 Å². The molecule has 3 aromatic rings. The van der Waals surface area contributed by atoms with Crippen molar-refractivity contribution in [3.8, 4) is 5.75 Å². The molecule has 28 heavy (non-hydrogen) atoms. The number of imidazole rings is 1. The minimum Gasteiger partial charge on any atom is -0.406 e. The number of aliphatic hydroxyl groups excluding tert-OH is 1. The highest BCUT2D eigenvalue weighted by Crippen LogP contribution is 2.38. The molecule has 0 saturated carbocycles. The summed E-state index contributed by atoms with van der Waals surface area (Å²) in [5, 5.41) is 12.1.